The Morgan fingerprint density at radius 2 is 2.29 bits per heavy atom. The molecule has 0 radical (unpaired) electrons. The summed E-state index contributed by atoms with van der Waals surface area (Å²) >= 11 is 0. The molecule has 0 aliphatic carbocycles. The summed E-state index contributed by atoms with van der Waals surface area (Å²) in [6.45, 7) is 0.548. The first-order valence-electron chi connectivity index (χ1n) is 4.85. The number of hydrogen-bond donors (Lipinski definition) is 1. The number of likely N-dealkylation sites (tertiary alicyclic amines) is 1. The summed E-state index contributed by atoms with van der Waals surface area (Å²) in [4.78, 5) is 12.6. The second-order valence-electron chi connectivity index (χ2n) is 3.63. The number of nitrogens with zero attached hydrogens (tertiary/aromatic N) is 1. The van der Waals surface area contributed by atoms with E-state index in [0.29, 0.717) is 12.8 Å². The quantitative estimate of drug-likeness (QED) is 0.692. The summed E-state index contributed by atoms with van der Waals surface area (Å²) in [5, 5.41) is 2.91. The Kier molecular flexibility index (Phi) is 3.80. The molecule has 1 fully saturated rings. The number of nitrogens with one attached hydrogen (secondary N) is 1. The molecule has 3 nitrogen and oxygen atoms in total. The van der Waals surface area contributed by atoms with E-state index >= 15 is 0 Å². The van der Waals surface area contributed by atoms with Gasteiger partial charge in [0.05, 0.1) is 6.54 Å². The highest BCUT2D eigenvalue weighted by atomic mass is 19.3. The monoisotopic (exact) mass is 206 g/mol. The van der Waals surface area contributed by atoms with Crippen LogP contribution in [0, 0.1) is 0 Å². The van der Waals surface area contributed by atoms with Crippen molar-refractivity contribution in [1.29, 1.82) is 0 Å². The zero-order chi connectivity index (χ0) is 10.6. The van der Waals surface area contributed by atoms with Crippen molar-refractivity contribution in [3.8, 4) is 0 Å². The largest absolute Gasteiger partial charge is 0.336 e. The highest BCUT2D eigenvalue weighted by Gasteiger charge is 2.39. The number of carbonyl (C=O) groups is 1. The average Bonchev–Trinajstić information content (AvgIpc) is 2.46. The smallest absolute Gasteiger partial charge is 0.267 e. The van der Waals surface area contributed by atoms with E-state index in [1.165, 1.54) is 4.90 Å². The van der Waals surface area contributed by atoms with Gasteiger partial charge in [-0.2, -0.15) is 0 Å². The standard InChI is InChI=1S/C9H16F2N2O/c1-12-5-2-3-8(14)13-6-4-9(10,11)7-13/h12H,2-7H2,1H3. The lowest BCUT2D eigenvalue weighted by molar-refractivity contribution is -0.131. The summed E-state index contributed by atoms with van der Waals surface area (Å²) in [6.07, 6.45) is 0.874. The highest BCUT2D eigenvalue weighted by Crippen LogP contribution is 2.27. The van der Waals surface area contributed by atoms with Crippen molar-refractivity contribution in [1.82, 2.24) is 10.2 Å². The number of amides is 1. The third-order valence-corrected chi connectivity index (χ3v) is 2.34. The van der Waals surface area contributed by atoms with Crippen LogP contribution in [0.15, 0.2) is 0 Å². The summed E-state index contributed by atoms with van der Waals surface area (Å²) < 4.78 is 25.5. The van der Waals surface area contributed by atoms with Gasteiger partial charge in [-0.05, 0) is 20.0 Å². The number of hydrogen-bond acceptors (Lipinski definition) is 2. The van der Waals surface area contributed by atoms with E-state index in [1.807, 2.05) is 0 Å². The van der Waals surface area contributed by atoms with Crippen LogP contribution in [0.4, 0.5) is 8.78 Å². The van der Waals surface area contributed by atoms with Gasteiger partial charge in [-0.1, -0.05) is 0 Å². The van der Waals surface area contributed by atoms with Crippen molar-refractivity contribution < 1.29 is 13.6 Å². The van der Waals surface area contributed by atoms with Crippen LogP contribution < -0.4 is 5.32 Å². The molecule has 1 rings (SSSR count). The molecule has 0 atom stereocenters. The van der Waals surface area contributed by atoms with Crippen LogP contribution in [-0.4, -0.2) is 43.4 Å². The first-order valence-corrected chi connectivity index (χ1v) is 4.85. The van der Waals surface area contributed by atoms with Crippen LogP contribution >= 0.6 is 0 Å². The molecule has 5 heteroatoms. The summed E-state index contributed by atoms with van der Waals surface area (Å²) in [7, 11) is 1.80. The average molecular weight is 206 g/mol. The molecule has 1 aliphatic rings. The second-order valence-corrected chi connectivity index (χ2v) is 3.63. The fourth-order valence-corrected chi connectivity index (χ4v) is 1.52. The van der Waals surface area contributed by atoms with Crippen LogP contribution in [0.2, 0.25) is 0 Å². The predicted octanol–water partition coefficient (Wildman–Crippen LogP) is 0.854. The number of rotatable bonds is 4. The minimum Gasteiger partial charge on any atom is -0.336 e. The third kappa shape index (κ3) is 3.21. The maximum atomic E-state index is 12.7. The molecular weight excluding hydrogens is 190 g/mol. The molecule has 0 spiro atoms. The Balaban J connectivity index is 2.25. The fraction of sp³-hybridized carbons (Fsp3) is 0.889. The molecule has 0 unspecified atom stereocenters. The molecule has 0 aromatic rings. The Morgan fingerprint density at radius 1 is 1.57 bits per heavy atom. The van der Waals surface area contributed by atoms with Gasteiger partial charge in [0.2, 0.25) is 5.91 Å². The summed E-state index contributed by atoms with van der Waals surface area (Å²) in [6, 6.07) is 0. The maximum absolute atomic E-state index is 12.7. The molecule has 0 aromatic carbocycles. The third-order valence-electron chi connectivity index (χ3n) is 2.34. The van der Waals surface area contributed by atoms with Gasteiger partial charge in [0, 0.05) is 19.4 Å². The lowest BCUT2D eigenvalue weighted by Crippen LogP contribution is -2.31. The molecule has 1 aliphatic heterocycles. The normalized spacial score (nSPS) is 20.1. The predicted molar refractivity (Wildman–Crippen MR) is 49.3 cm³/mol. The lowest BCUT2D eigenvalue weighted by Gasteiger charge is -2.15. The molecule has 82 valence electrons. The maximum Gasteiger partial charge on any atom is 0.267 e. The van der Waals surface area contributed by atoms with Crippen LogP contribution in [0.25, 0.3) is 0 Å². The Labute approximate surface area is 82.5 Å². The van der Waals surface area contributed by atoms with Crippen LogP contribution in [-0.2, 0) is 4.79 Å². The van der Waals surface area contributed by atoms with E-state index in [-0.39, 0.29) is 18.9 Å². The zero-order valence-electron chi connectivity index (χ0n) is 8.35. The molecular formula is C9H16F2N2O. The molecule has 1 N–H and O–H groups in total. The molecule has 1 heterocycles. The first-order chi connectivity index (χ1) is 6.55. The van der Waals surface area contributed by atoms with E-state index in [2.05, 4.69) is 5.32 Å². The molecule has 14 heavy (non-hydrogen) atoms. The van der Waals surface area contributed by atoms with Crippen molar-refractivity contribution in [3.63, 3.8) is 0 Å². The van der Waals surface area contributed by atoms with Gasteiger partial charge in [0.25, 0.3) is 5.92 Å². The van der Waals surface area contributed by atoms with Gasteiger partial charge in [0.15, 0.2) is 0 Å². The first kappa shape index (κ1) is 11.4. The molecule has 0 saturated carbocycles. The minimum absolute atomic E-state index is 0.155. The lowest BCUT2D eigenvalue weighted by atomic mass is 10.3. The molecule has 0 bridgehead atoms. The van der Waals surface area contributed by atoms with Crippen molar-refractivity contribution in [2.45, 2.75) is 25.2 Å². The van der Waals surface area contributed by atoms with Crippen molar-refractivity contribution in [2.75, 3.05) is 26.7 Å². The SMILES string of the molecule is CNCCCC(=O)N1CCC(F)(F)C1. The molecule has 1 saturated heterocycles. The highest BCUT2D eigenvalue weighted by molar-refractivity contribution is 5.76. The molecule has 0 aromatic heterocycles. The van der Waals surface area contributed by atoms with E-state index in [4.69, 9.17) is 0 Å². The summed E-state index contributed by atoms with van der Waals surface area (Å²) in [5.74, 6) is -2.82. The Morgan fingerprint density at radius 3 is 2.79 bits per heavy atom. The van der Waals surface area contributed by atoms with Crippen LogP contribution in [0.1, 0.15) is 19.3 Å². The Hall–Kier alpha value is -0.710. The van der Waals surface area contributed by atoms with Gasteiger partial charge in [-0.15, -0.1) is 0 Å². The van der Waals surface area contributed by atoms with Crippen molar-refractivity contribution >= 4 is 5.91 Å². The van der Waals surface area contributed by atoms with Gasteiger partial charge in [-0.25, -0.2) is 8.78 Å². The van der Waals surface area contributed by atoms with Gasteiger partial charge in [0.1, 0.15) is 0 Å². The fourth-order valence-electron chi connectivity index (χ4n) is 1.52. The number of alkyl halides is 2. The van der Waals surface area contributed by atoms with Gasteiger partial charge >= 0.3 is 0 Å². The van der Waals surface area contributed by atoms with E-state index in [0.717, 1.165) is 6.54 Å². The topological polar surface area (TPSA) is 32.3 Å². The van der Waals surface area contributed by atoms with Crippen molar-refractivity contribution in [3.05, 3.63) is 0 Å². The van der Waals surface area contributed by atoms with Crippen LogP contribution in [0.3, 0.4) is 0 Å². The molecule has 1 amide bonds. The minimum atomic E-state index is -2.67. The van der Waals surface area contributed by atoms with E-state index in [1.54, 1.807) is 7.05 Å². The van der Waals surface area contributed by atoms with Crippen molar-refractivity contribution in [2.24, 2.45) is 0 Å². The van der Waals surface area contributed by atoms with E-state index in [9.17, 15) is 13.6 Å². The number of carbonyl (C=O) groups excluding carboxylic acids is 1. The Bertz CT molecular complexity index is 209. The second kappa shape index (κ2) is 4.68. The summed E-state index contributed by atoms with van der Waals surface area (Å²) in [5.41, 5.74) is 0. The zero-order valence-corrected chi connectivity index (χ0v) is 8.35. The van der Waals surface area contributed by atoms with Gasteiger partial charge in [-0.3, -0.25) is 4.79 Å². The van der Waals surface area contributed by atoms with Crippen LogP contribution in [0.5, 0.6) is 0 Å². The van der Waals surface area contributed by atoms with E-state index < -0.39 is 12.5 Å². The van der Waals surface area contributed by atoms with Gasteiger partial charge < -0.3 is 10.2 Å². The number of halogens is 2.